The van der Waals surface area contributed by atoms with Crippen molar-refractivity contribution in [2.45, 2.75) is 19.9 Å². The molecule has 0 fully saturated rings. The molecule has 0 aliphatic heterocycles. The Hall–Kier alpha value is -2.20. The Kier molecular flexibility index (Phi) is 4.70. The van der Waals surface area contributed by atoms with E-state index < -0.39 is 6.04 Å². The SMILES string of the molecule is CCN(C(=O)C(N)c1ccc(C)cc1)c1cccc(F)c1. The number of carbonyl (C=O) groups is 1. The first-order valence-corrected chi connectivity index (χ1v) is 6.92. The van der Waals surface area contributed by atoms with E-state index >= 15 is 0 Å². The van der Waals surface area contributed by atoms with Crippen molar-refractivity contribution in [3.05, 3.63) is 65.5 Å². The molecule has 0 spiro atoms. The lowest BCUT2D eigenvalue weighted by molar-refractivity contribution is -0.119. The molecule has 2 N–H and O–H groups in total. The van der Waals surface area contributed by atoms with Crippen LogP contribution in [0.15, 0.2) is 48.5 Å². The second-order valence-electron chi connectivity index (χ2n) is 4.95. The summed E-state index contributed by atoms with van der Waals surface area (Å²) in [6.45, 7) is 4.24. The Balaban J connectivity index is 2.25. The Morgan fingerprint density at radius 3 is 2.48 bits per heavy atom. The number of nitrogens with zero attached hydrogens (tertiary/aromatic N) is 1. The number of carbonyl (C=O) groups excluding carboxylic acids is 1. The molecule has 2 aromatic rings. The Labute approximate surface area is 124 Å². The third-order valence-corrected chi connectivity index (χ3v) is 3.40. The third kappa shape index (κ3) is 3.47. The van der Waals surface area contributed by atoms with Crippen molar-refractivity contribution in [2.75, 3.05) is 11.4 Å². The number of anilines is 1. The maximum absolute atomic E-state index is 13.3. The number of likely N-dealkylation sites (N-methyl/N-ethyl adjacent to an activating group) is 1. The van der Waals surface area contributed by atoms with Gasteiger partial charge in [0.25, 0.3) is 0 Å². The summed E-state index contributed by atoms with van der Waals surface area (Å²) in [5.41, 5.74) is 8.43. The molecule has 0 aliphatic rings. The van der Waals surface area contributed by atoms with Gasteiger partial charge in [-0.15, -0.1) is 0 Å². The van der Waals surface area contributed by atoms with E-state index in [-0.39, 0.29) is 11.7 Å². The lowest BCUT2D eigenvalue weighted by Gasteiger charge is -2.24. The Morgan fingerprint density at radius 2 is 1.90 bits per heavy atom. The molecule has 110 valence electrons. The summed E-state index contributed by atoms with van der Waals surface area (Å²) in [4.78, 5) is 14.0. The van der Waals surface area contributed by atoms with Crippen molar-refractivity contribution >= 4 is 11.6 Å². The highest BCUT2D eigenvalue weighted by Gasteiger charge is 2.22. The van der Waals surface area contributed by atoms with Gasteiger partial charge in [-0.1, -0.05) is 35.9 Å². The monoisotopic (exact) mass is 286 g/mol. The average molecular weight is 286 g/mol. The summed E-state index contributed by atoms with van der Waals surface area (Å²) < 4.78 is 13.3. The van der Waals surface area contributed by atoms with Gasteiger partial charge in [-0.25, -0.2) is 4.39 Å². The van der Waals surface area contributed by atoms with Gasteiger partial charge >= 0.3 is 0 Å². The van der Waals surface area contributed by atoms with E-state index in [9.17, 15) is 9.18 Å². The molecule has 0 heterocycles. The van der Waals surface area contributed by atoms with Gasteiger partial charge in [-0.3, -0.25) is 4.79 Å². The van der Waals surface area contributed by atoms with Crippen LogP contribution in [0.3, 0.4) is 0 Å². The summed E-state index contributed by atoms with van der Waals surface area (Å²) in [5, 5.41) is 0. The minimum Gasteiger partial charge on any atom is -0.316 e. The average Bonchev–Trinajstić information content (AvgIpc) is 2.48. The van der Waals surface area contributed by atoms with Gasteiger partial charge < -0.3 is 10.6 Å². The van der Waals surface area contributed by atoms with Crippen LogP contribution in [0.1, 0.15) is 24.1 Å². The highest BCUT2D eigenvalue weighted by atomic mass is 19.1. The van der Waals surface area contributed by atoms with E-state index in [4.69, 9.17) is 5.73 Å². The highest BCUT2D eigenvalue weighted by molar-refractivity contribution is 5.97. The molecule has 4 heteroatoms. The molecule has 0 saturated carbocycles. The second-order valence-corrected chi connectivity index (χ2v) is 4.95. The van der Waals surface area contributed by atoms with Crippen molar-refractivity contribution < 1.29 is 9.18 Å². The fourth-order valence-corrected chi connectivity index (χ4v) is 2.19. The molecule has 2 rings (SSSR count). The van der Waals surface area contributed by atoms with Crippen LogP contribution in [-0.4, -0.2) is 12.5 Å². The lowest BCUT2D eigenvalue weighted by atomic mass is 10.0. The van der Waals surface area contributed by atoms with Crippen LogP contribution in [0.4, 0.5) is 10.1 Å². The molecule has 21 heavy (non-hydrogen) atoms. The van der Waals surface area contributed by atoms with E-state index in [2.05, 4.69) is 0 Å². The van der Waals surface area contributed by atoms with Gasteiger partial charge in [0.1, 0.15) is 11.9 Å². The largest absolute Gasteiger partial charge is 0.316 e. The number of amides is 1. The molecule has 1 unspecified atom stereocenters. The number of rotatable bonds is 4. The fraction of sp³-hybridized carbons (Fsp3) is 0.235. The van der Waals surface area contributed by atoms with Crippen LogP contribution in [-0.2, 0) is 4.79 Å². The standard InChI is InChI=1S/C17H19FN2O/c1-3-20(15-6-4-5-14(18)11-15)17(21)16(19)13-9-7-12(2)8-10-13/h4-11,16H,3,19H2,1-2H3. The topological polar surface area (TPSA) is 46.3 Å². The normalized spacial score (nSPS) is 12.0. The Bertz CT molecular complexity index is 625. The zero-order valence-corrected chi connectivity index (χ0v) is 12.2. The molecule has 0 aliphatic carbocycles. The maximum Gasteiger partial charge on any atom is 0.248 e. The van der Waals surface area contributed by atoms with Crippen LogP contribution < -0.4 is 10.6 Å². The molecular weight excluding hydrogens is 267 g/mol. The van der Waals surface area contributed by atoms with Crippen LogP contribution in [0.2, 0.25) is 0 Å². The van der Waals surface area contributed by atoms with E-state index in [1.807, 2.05) is 38.1 Å². The first-order chi connectivity index (χ1) is 10.0. The van der Waals surface area contributed by atoms with E-state index in [0.717, 1.165) is 11.1 Å². The number of benzene rings is 2. The van der Waals surface area contributed by atoms with Gasteiger partial charge in [-0.05, 0) is 37.6 Å². The van der Waals surface area contributed by atoms with Gasteiger partial charge in [0.2, 0.25) is 5.91 Å². The van der Waals surface area contributed by atoms with Crippen molar-refractivity contribution in [2.24, 2.45) is 5.73 Å². The van der Waals surface area contributed by atoms with Gasteiger partial charge in [-0.2, -0.15) is 0 Å². The lowest BCUT2D eigenvalue weighted by Crippen LogP contribution is -2.38. The highest BCUT2D eigenvalue weighted by Crippen LogP contribution is 2.20. The summed E-state index contributed by atoms with van der Waals surface area (Å²) in [6.07, 6.45) is 0. The number of hydrogen-bond acceptors (Lipinski definition) is 2. The summed E-state index contributed by atoms with van der Waals surface area (Å²) in [6, 6.07) is 12.7. The molecule has 1 atom stereocenters. The first-order valence-electron chi connectivity index (χ1n) is 6.92. The number of halogens is 1. The third-order valence-electron chi connectivity index (χ3n) is 3.40. The molecule has 0 saturated heterocycles. The molecule has 0 aromatic heterocycles. The maximum atomic E-state index is 13.3. The summed E-state index contributed by atoms with van der Waals surface area (Å²) in [5.74, 6) is -0.616. The van der Waals surface area contributed by atoms with Crippen molar-refractivity contribution in [3.63, 3.8) is 0 Å². The van der Waals surface area contributed by atoms with Gasteiger partial charge in [0.15, 0.2) is 0 Å². The number of nitrogens with two attached hydrogens (primary N) is 1. The van der Waals surface area contributed by atoms with E-state index in [1.54, 1.807) is 12.1 Å². The molecule has 0 bridgehead atoms. The molecule has 0 radical (unpaired) electrons. The summed E-state index contributed by atoms with van der Waals surface area (Å²) in [7, 11) is 0. The molecular formula is C17H19FN2O. The zero-order chi connectivity index (χ0) is 15.4. The fourth-order valence-electron chi connectivity index (χ4n) is 2.19. The number of hydrogen-bond donors (Lipinski definition) is 1. The minimum atomic E-state index is -0.756. The quantitative estimate of drug-likeness (QED) is 0.938. The van der Waals surface area contributed by atoms with Crippen molar-refractivity contribution in [3.8, 4) is 0 Å². The van der Waals surface area contributed by atoms with Crippen LogP contribution in [0.25, 0.3) is 0 Å². The number of aryl methyl sites for hydroxylation is 1. The summed E-state index contributed by atoms with van der Waals surface area (Å²) >= 11 is 0. The minimum absolute atomic E-state index is 0.244. The smallest absolute Gasteiger partial charge is 0.248 e. The van der Waals surface area contributed by atoms with Crippen LogP contribution >= 0.6 is 0 Å². The van der Waals surface area contributed by atoms with Crippen molar-refractivity contribution in [1.29, 1.82) is 0 Å². The van der Waals surface area contributed by atoms with E-state index in [0.29, 0.717) is 12.2 Å². The Morgan fingerprint density at radius 1 is 1.24 bits per heavy atom. The predicted molar refractivity (Wildman–Crippen MR) is 82.5 cm³/mol. The van der Waals surface area contributed by atoms with Crippen molar-refractivity contribution in [1.82, 2.24) is 0 Å². The molecule has 2 aromatic carbocycles. The van der Waals surface area contributed by atoms with Gasteiger partial charge in [0.05, 0.1) is 0 Å². The predicted octanol–water partition coefficient (Wildman–Crippen LogP) is 3.19. The van der Waals surface area contributed by atoms with Crippen LogP contribution in [0, 0.1) is 12.7 Å². The van der Waals surface area contributed by atoms with Crippen LogP contribution in [0.5, 0.6) is 0 Å². The first kappa shape index (κ1) is 15.2. The zero-order valence-electron chi connectivity index (χ0n) is 12.2. The second kappa shape index (κ2) is 6.50. The van der Waals surface area contributed by atoms with Gasteiger partial charge in [0, 0.05) is 12.2 Å². The molecule has 1 amide bonds. The van der Waals surface area contributed by atoms with E-state index in [1.165, 1.54) is 17.0 Å². The molecule has 3 nitrogen and oxygen atoms in total.